The second-order valence-electron chi connectivity index (χ2n) is 3.61. The van der Waals surface area contributed by atoms with Gasteiger partial charge in [0.15, 0.2) is 5.88 Å². The Kier molecular flexibility index (Phi) is 5.09. The Bertz CT molecular complexity index is 748. The molecular weight excluding hydrogens is 388 g/mol. The first-order chi connectivity index (χ1) is 9.87. The fourth-order valence-electron chi connectivity index (χ4n) is 1.44. The molecule has 1 aliphatic heterocycles. The van der Waals surface area contributed by atoms with Gasteiger partial charge in [0.1, 0.15) is 7.82 Å². The van der Waals surface area contributed by atoms with Crippen LogP contribution in [0.1, 0.15) is 0 Å². The highest BCUT2D eigenvalue weighted by Crippen LogP contribution is 2.36. The number of halogens is 2. The molecule has 0 radical (unpaired) electrons. The van der Waals surface area contributed by atoms with E-state index in [-0.39, 0.29) is 5.88 Å². The molecular formula is C9H7BrClN5O4P-. The van der Waals surface area contributed by atoms with E-state index in [1.165, 1.54) is 17.8 Å². The lowest BCUT2D eigenvalue weighted by Gasteiger charge is -2.27. The average Bonchev–Trinajstić information content (AvgIpc) is 3.04. The zero-order valence-electron chi connectivity index (χ0n) is 10.1. The lowest BCUT2D eigenvalue weighted by molar-refractivity contribution is -0.538. The minimum Gasteiger partial charge on any atom is -0.780 e. The Hall–Kier alpha value is -1.29. The van der Waals surface area contributed by atoms with Crippen LogP contribution in [0.3, 0.4) is 0 Å². The maximum Gasteiger partial charge on any atom is 0.236 e. The van der Waals surface area contributed by atoms with E-state index in [1.54, 1.807) is 12.1 Å². The molecule has 1 aromatic heterocycles. The van der Waals surface area contributed by atoms with Gasteiger partial charge in [-0.25, -0.2) is 0 Å². The summed E-state index contributed by atoms with van der Waals surface area (Å²) in [6, 6.07) is 4.72. The largest absolute Gasteiger partial charge is 0.780 e. The summed E-state index contributed by atoms with van der Waals surface area (Å²) in [5.41, 5.74) is 2.11. The molecule has 112 valence electrons. The van der Waals surface area contributed by atoms with Gasteiger partial charge in [-0.2, -0.15) is 5.43 Å². The number of aromatic amines is 1. The topological polar surface area (TPSA) is 142 Å². The van der Waals surface area contributed by atoms with E-state index in [9.17, 15) is 14.4 Å². The predicted molar refractivity (Wildman–Crippen MR) is 74.5 cm³/mol. The molecule has 0 unspecified atom stereocenters. The van der Waals surface area contributed by atoms with Gasteiger partial charge in [-0.05, 0) is 28.1 Å². The van der Waals surface area contributed by atoms with E-state index < -0.39 is 7.82 Å². The van der Waals surface area contributed by atoms with Crippen molar-refractivity contribution >= 4 is 52.6 Å². The SMILES string of the molecule is C1=NN=N[NH2+]1.O=P([O-])([O-])Oc1cc2c(Cl)c(Br)ccc2[nH]1. The number of phosphoric acid groups is 1. The Morgan fingerprint density at radius 2 is 2.19 bits per heavy atom. The molecule has 3 rings (SSSR count). The summed E-state index contributed by atoms with van der Waals surface area (Å²) < 4.78 is 15.3. The van der Waals surface area contributed by atoms with Crippen molar-refractivity contribution in [2.75, 3.05) is 0 Å². The average molecular weight is 396 g/mol. The van der Waals surface area contributed by atoms with Gasteiger partial charge in [0.25, 0.3) is 0 Å². The van der Waals surface area contributed by atoms with Crippen molar-refractivity contribution in [1.82, 2.24) is 4.98 Å². The van der Waals surface area contributed by atoms with E-state index in [2.05, 4.69) is 41.0 Å². The first-order valence-corrected chi connectivity index (χ1v) is 7.93. The zero-order valence-corrected chi connectivity index (χ0v) is 13.3. The Balaban J connectivity index is 0.000000272. The molecule has 21 heavy (non-hydrogen) atoms. The molecule has 2 heterocycles. The van der Waals surface area contributed by atoms with Crippen LogP contribution in [-0.2, 0) is 4.57 Å². The van der Waals surface area contributed by atoms with Gasteiger partial charge in [0.05, 0.1) is 10.2 Å². The molecule has 0 aliphatic carbocycles. The third-order valence-electron chi connectivity index (χ3n) is 2.18. The summed E-state index contributed by atoms with van der Waals surface area (Å²) in [5, 5.41) is 10.9. The third-order valence-corrected chi connectivity index (χ3v) is 3.90. The molecule has 9 nitrogen and oxygen atoms in total. The minimum absolute atomic E-state index is 0.150. The number of H-pyrrole nitrogens is 1. The van der Waals surface area contributed by atoms with Gasteiger partial charge >= 0.3 is 0 Å². The second kappa shape index (κ2) is 6.65. The van der Waals surface area contributed by atoms with Crippen LogP contribution in [0.25, 0.3) is 10.9 Å². The van der Waals surface area contributed by atoms with Crippen LogP contribution in [0.15, 0.2) is 38.2 Å². The first-order valence-electron chi connectivity index (χ1n) is 5.30. The fourth-order valence-corrected chi connectivity index (χ4v) is 2.34. The van der Waals surface area contributed by atoms with Crippen molar-refractivity contribution in [1.29, 1.82) is 0 Å². The summed E-state index contributed by atoms with van der Waals surface area (Å²) in [5.74, 6) is -0.150. The summed E-state index contributed by atoms with van der Waals surface area (Å²) in [6.07, 6.45) is 1.53. The van der Waals surface area contributed by atoms with Crippen molar-refractivity contribution in [2.45, 2.75) is 0 Å². The van der Waals surface area contributed by atoms with E-state index in [0.717, 1.165) is 0 Å². The molecule has 0 fully saturated rings. The highest BCUT2D eigenvalue weighted by Gasteiger charge is 2.08. The molecule has 0 bridgehead atoms. The number of rotatable bonds is 2. The van der Waals surface area contributed by atoms with E-state index in [4.69, 9.17) is 11.6 Å². The number of aromatic nitrogens is 1. The van der Waals surface area contributed by atoms with Crippen LogP contribution >= 0.6 is 35.4 Å². The van der Waals surface area contributed by atoms with Gasteiger partial charge < -0.3 is 23.9 Å². The fraction of sp³-hybridized carbons (Fsp3) is 0. The molecule has 0 saturated heterocycles. The summed E-state index contributed by atoms with van der Waals surface area (Å²) in [6.45, 7) is 0. The van der Waals surface area contributed by atoms with Gasteiger partial charge in [-0.3, -0.25) is 0 Å². The van der Waals surface area contributed by atoms with E-state index in [1.807, 2.05) is 0 Å². The quantitative estimate of drug-likeness (QED) is 0.569. The number of hydrogen-bond donors (Lipinski definition) is 2. The summed E-state index contributed by atoms with van der Waals surface area (Å²) >= 11 is 9.18. The van der Waals surface area contributed by atoms with E-state index >= 15 is 0 Å². The van der Waals surface area contributed by atoms with Crippen molar-refractivity contribution in [3.63, 3.8) is 0 Å². The van der Waals surface area contributed by atoms with Crippen LogP contribution in [0, 0.1) is 0 Å². The lowest BCUT2D eigenvalue weighted by atomic mass is 10.2. The number of nitrogens with one attached hydrogen (secondary N) is 1. The second-order valence-corrected chi connectivity index (χ2v) is 5.92. The molecule has 0 atom stereocenters. The molecule has 1 aromatic carbocycles. The van der Waals surface area contributed by atoms with E-state index in [0.29, 0.717) is 20.4 Å². The van der Waals surface area contributed by atoms with Gasteiger partial charge in [-0.15, -0.1) is 0 Å². The smallest absolute Gasteiger partial charge is 0.236 e. The van der Waals surface area contributed by atoms with Crippen molar-refractivity contribution in [3.05, 3.63) is 27.7 Å². The van der Waals surface area contributed by atoms with Gasteiger partial charge in [0, 0.05) is 26.7 Å². The standard InChI is InChI=1S/C8H6BrClNO4P.CH2N4/c9-5-1-2-6-4(8(5)10)3-7(11-6)15-16(12,13)14;1-2-4-5-3-1/h1-3,11H,(H2,12,13,14);1H,(H,2,3,4,5)/p-1. The third kappa shape index (κ3) is 4.60. The first kappa shape index (κ1) is 16.1. The highest BCUT2D eigenvalue weighted by atomic mass is 79.9. The molecule has 12 heteroatoms. The molecule has 3 N–H and O–H groups in total. The maximum atomic E-state index is 10.4. The van der Waals surface area contributed by atoms with Crippen LogP contribution in [-0.4, -0.2) is 11.3 Å². The number of nitrogens with zero attached hydrogens (tertiary/aromatic N) is 3. The number of quaternary nitrogens is 1. The summed E-state index contributed by atoms with van der Waals surface area (Å²) in [7, 11) is -5.06. The molecule has 0 saturated carbocycles. The highest BCUT2D eigenvalue weighted by molar-refractivity contribution is 9.10. The zero-order chi connectivity index (χ0) is 15.5. The number of fused-ring (bicyclic) bond motifs is 1. The number of benzene rings is 1. The number of phosphoric ester groups is 1. The van der Waals surface area contributed by atoms with Crippen LogP contribution < -0.4 is 19.7 Å². The van der Waals surface area contributed by atoms with Crippen molar-refractivity contribution in [2.24, 2.45) is 15.5 Å². The van der Waals surface area contributed by atoms with Gasteiger partial charge in [-0.1, -0.05) is 16.7 Å². The summed E-state index contributed by atoms with van der Waals surface area (Å²) in [4.78, 5) is 23.5. The number of nitrogens with two attached hydrogens (primary N) is 1. The monoisotopic (exact) mass is 394 g/mol. The molecule has 1 aliphatic rings. The van der Waals surface area contributed by atoms with Crippen molar-refractivity contribution < 1.29 is 24.3 Å². The predicted octanol–water partition coefficient (Wildman–Crippen LogP) is 0.665. The number of hydrogen-bond acceptors (Lipinski definition) is 7. The Morgan fingerprint density at radius 1 is 1.43 bits per heavy atom. The Morgan fingerprint density at radius 3 is 2.71 bits per heavy atom. The molecule has 0 spiro atoms. The minimum atomic E-state index is -5.06. The van der Waals surface area contributed by atoms with Crippen LogP contribution in [0.5, 0.6) is 5.88 Å². The maximum absolute atomic E-state index is 10.4. The van der Waals surface area contributed by atoms with Crippen LogP contribution in [0.4, 0.5) is 0 Å². The van der Waals surface area contributed by atoms with Crippen molar-refractivity contribution in [3.8, 4) is 5.88 Å². The lowest BCUT2D eigenvalue weighted by Crippen LogP contribution is -2.74. The molecule has 0 amide bonds. The van der Waals surface area contributed by atoms with Crippen LogP contribution in [0.2, 0.25) is 5.02 Å². The van der Waals surface area contributed by atoms with Gasteiger partial charge in [0.2, 0.25) is 6.34 Å². The molecule has 2 aromatic rings. The normalized spacial score (nSPS) is 13.3. The Labute approximate surface area is 131 Å².